The highest BCUT2D eigenvalue weighted by Crippen LogP contribution is 2.40. The van der Waals surface area contributed by atoms with Crippen molar-refractivity contribution in [3.63, 3.8) is 0 Å². The lowest BCUT2D eigenvalue weighted by Gasteiger charge is -2.50. The van der Waals surface area contributed by atoms with Crippen LogP contribution in [0.15, 0.2) is 0 Å². The summed E-state index contributed by atoms with van der Waals surface area (Å²) in [7, 11) is 0. The van der Waals surface area contributed by atoms with Crippen molar-refractivity contribution in [3.8, 4) is 0 Å². The zero-order valence-corrected chi connectivity index (χ0v) is 73.8. The third-order valence-corrected chi connectivity index (χ3v) is 24.1. The number of rotatable bonds is 42. The third-order valence-electron chi connectivity index (χ3n) is 24.1. The van der Waals surface area contributed by atoms with Crippen LogP contribution in [0.4, 0.5) is 0 Å². The molecule has 21 N–H and O–H groups in total. The molecule has 0 unspecified atom stereocenters. The van der Waals surface area contributed by atoms with E-state index in [1.54, 1.807) is 0 Å². The van der Waals surface area contributed by atoms with E-state index < -0.39 is 302 Å². The van der Waals surface area contributed by atoms with E-state index in [4.69, 9.17) is 66.3 Å². The average molecular weight is 1820 g/mol. The Kier molecular flexibility index (Phi) is 46.0. The molecule has 42 heteroatoms. The second-order valence-corrected chi connectivity index (χ2v) is 34.2. The summed E-state index contributed by atoms with van der Waals surface area (Å²) in [6, 6.07) is 0. The number of carbonyl (C=O) groups is 7. The summed E-state index contributed by atoms with van der Waals surface area (Å²) in [5.74, 6) is -3.66. The van der Waals surface area contributed by atoms with Crippen LogP contribution in [0, 0.1) is 0 Å². The van der Waals surface area contributed by atoms with Gasteiger partial charge in [-0.3, -0.25) is 33.6 Å². The van der Waals surface area contributed by atoms with Gasteiger partial charge in [-0.1, -0.05) is 138 Å². The van der Waals surface area contributed by atoms with Crippen LogP contribution in [0.5, 0.6) is 0 Å². The predicted octanol–water partition coefficient (Wildman–Crippen LogP) is -3.30. The van der Waals surface area contributed by atoms with Gasteiger partial charge in [0.15, 0.2) is 44.0 Å². The molecule has 42 nitrogen and oxygen atoms in total. The molecule has 728 valence electrons. The van der Waals surface area contributed by atoms with Crippen molar-refractivity contribution >= 4 is 41.4 Å². The maximum absolute atomic E-state index is 13.6. The van der Waals surface area contributed by atoms with Gasteiger partial charge in [-0.25, -0.2) is 0 Å². The predicted molar refractivity (Wildman–Crippen MR) is 439 cm³/mol. The first-order chi connectivity index (χ1) is 60.4. The Morgan fingerprint density at radius 2 is 0.286 bits per heavy atom. The number of hydrogen-bond acceptors (Lipinski definition) is 35. The second kappa shape index (κ2) is 54.4. The highest BCUT2D eigenvalue weighted by Gasteiger charge is 2.60. The number of aliphatic hydroxyl groups is 14. The fraction of sp³-hybridized carbons (Fsp3) is 0.917. The molecule has 0 saturated carbocycles. The SMILES string of the molecule is CCCCCC(=O)NC[C@@H]1O[C@@H]2O[C@H]3[C@H](O)[C@@H](O)[C@@H](O[C@H]4[C@H](O)[C@@H](O)[C@@H](O[C@H]5[C@H](O)[C@H](O)[C@@H](O[C@H]6[C@@H](O)[C@@H](O)[C@@H](O[C@H]7[C@H](O)[C@@H](O)[C@@H](O[C@H]8[C@H](O)[C@@H](O)[C@@H](O[C@H]1[C@H](O)[C@H]2O)O[C@@H]8CNC(=O)CCCCC)O[C@@H]7CNC(=O)CCCCC)O[C@@H]6CNC(=O)CCCCC)O[C@@H]5CNC(=O)CCCCC)O[C@@H]4CNC(=O)CCCCC)O[C@@H]3CNC(=O)CCCCC. The van der Waals surface area contributed by atoms with Crippen LogP contribution < -0.4 is 37.2 Å². The van der Waals surface area contributed by atoms with Crippen molar-refractivity contribution in [1.82, 2.24) is 37.2 Å². The number of hydrogen-bond donors (Lipinski definition) is 21. The highest BCUT2D eigenvalue weighted by molar-refractivity contribution is 5.78. The first kappa shape index (κ1) is 107. The summed E-state index contributed by atoms with van der Waals surface area (Å²) in [5.41, 5.74) is 0. The van der Waals surface area contributed by atoms with Gasteiger partial charge in [-0.2, -0.15) is 0 Å². The molecule has 126 heavy (non-hydrogen) atoms. The molecule has 7 amide bonds. The zero-order valence-electron chi connectivity index (χ0n) is 73.8. The molecule has 35 atom stereocenters. The number of nitrogens with one attached hydrogen (secondary N) is 7. The minimum Gasteiger partial charge on any atom is -0.387 e. The molecule has 0 aromatic rings. The lowest BCUT2D eigenvalue weighted by molar-refractivity contribution is -0.391. The molecule has 0 aromatic carbocycles. The molecular formula is C84H147N7O35. The minimum absolute atomic E-state index is 0.00273. The van der Waals surface area contributed by atoms with Crippen LogP contribution in [0.3, 0.4) is 0 Å². The molecular weight excluding hydrogens is 1670 g/mol. The monoisotopic (exact) mass is 1810 g/mol. The third kappa shape index (κ3) is 30.6. The Labute approximate surface area is 736 Å². The van der Waals surface area contributed by atoms with Crippen molar-refractivity contribution in [2.45, 2.75) is 443 Å². The van der Waals surface area contributed by atoms with Gasteiger partial charge in [0.2, 0.25) is 41.4 Å². The first-order valence-electron chi connectivity index (χ1n) is 46.0. The van der Waals surface area contributed by atoms with E-state index in [2.05, 4.69) is 37.2 Å². The number of ether oxygens (including phenoxy) is 14. The molecule has 21 rings (SSSR count). The van der Waals surface area contributed by atoms with Crippen LogP contribution in [0.25, 0.3) is 0 Å². The van der Waals surface area contributed by atoms with E-state index in [1.165, 1.54) is 0 Å². The topological polar surface area (TPSA) is 616 Å². The van der Waals surface area contributed by atoms with Crippen LogP contribution >= 0.6 is 0 Å². The van der Waals surface area contributed by atoms with Gasteiger partial charge in [0.25, 0.3) is 0 Å². The molecule has 21 aliphatic rings. The highest BCUT2D eigenvalue weighted by atomic mass is 16.8. The lowest BCUT2D eigenvalue weighted by atomic mass is 9.94. The maximum Gasteiger partial charge on any atom is 0.220 e. The van der Waals surface area contributed by atoms with E-state index >= 15 is 0 Å². The van der Waals surface area contributed by atoms with Gasteiger partial charge >= 0.3 is 0 Å². The quantitative estimate of drug-likeness (QED) is 0.0266. The second-order valence-electron chi connectivity index (χ2n) is 34.2. The molecule has 0 aromatic heterocycles. The van der Waals surface area contributed by atoms with Crippen molar-refractivity contribution in [2.24, 2.45) is 0 Å². The molecule has 0 radical (unpaired) electrons. The molecule has 21 heterocycles. The lowest BCUT2D eigenvalue weighted by Crippen LogP contribution is -2.69. The number of carbonyl (C=O) groups excluding carboxylic acids is 7. The Morgan fingerprint density at radius 1 is 0.175 bits per heavy atom. The smallest absolute Gasteiger partial charge is 0.220 e. The Bertz CT molecular complexity index is 2660. The van der Waals surface area contributed by atoms with Gasteiger partial charge < -0.3 is 175 Å². The summed E-state index contributed by atoms with van der Waals surface area (Å²) in [6.07, 6.45) is -58.7. The van der Waals surface area contributed by atoms with E-state index in [1.807, 2.05) is 48.5 Å². The first-order valence-corrected chi connectivity index (χ1v) is 46.0. The number of unbranched alkanes of at least 4 members (excludes halogenated alkanes) is 14. The summed E-state index contributed by atoms with van der Waals surface area (Å²) in [4.78, 5) is 95.3. The molecule has 21 fully saturated rings. The Morgan fingerprint density at radius 3 is 0.389 bits per heavy atom. The fourth-order valence-electron chi connectivity index (χ4n) is 16.4. The number of aliphatic hydroxyl groups excluding tert-OH is 14. The van der Waals surface area contributed by atoms with Crippen molar-refractivity contribution in [2.75, 3.05) is 45.8 Å². The van der Waals surface area contributed by atoms with Gasteiger partial charge in [0.1, 0.15) is 171 Å². The molecule has 0 spiro atoms. The van der Waals surface area contributed by atoms with E-state index in [0.29, 0.717) is 89.9 Å². The van der Waals surface area contributed by atoms with Gasteiger partial charge in [-0.05, 0) is 44.9 Å². The van der Waals surface area contributed by atoms with Crippen LogP contribution in [0.2, 0.25) is 0 Å². The van der Waals surface area contributed by atoms with Gasteiger partial charge in [0, 0.05) is 90.8 Å². The molecule has 14 bridgehead atoms. The molecule has 21 aliphatic heterocycles. The molecule has 21 saturated heterocycles. The van der Waals surface area contributed by atoms with Gasteiger partial charge in [-0.15, -0.1) is 0 Å². The van der Waals surface area contributed by atoms with E-state index in [-0.39, 0.29) is 44.9 Å². The summed E-state index contributed by atoms with van der Waals surface area (Å²) >= 11 is 0. The zero-order chi connectivity index (χ0) is 91.8. The van der Waals surface area contributed by atoms with Crippen LogP contribution in [0.1, 0.15) is 228 Å². The normalized spacial score (nSPS) is 38.1. The maximum atomic E-state index is 13.6. The Balaban J connectivity index is 1.25. The van der Waals surface area contributed by atoms with Crippen molar-refractivity contribution < 1.29 is 171 Å². The number of amides is 7. The van der Waals surface area contributed by atoms with E-state index in [0.717, 1.165) is 44.9 Å². The summed E-state index contributed by atoms with van der Waals surface area (Å²) < 4.78 is 89.4. The van der Waals surface area contributed by atoms with Gasteiger partial charge in [0.05, 0.1) is 0 Å². The summed E-state index contributed by atoms with van der Waals surface area (Å²) in [6.45, 7) is 9.44. The van der Waals surface area contributed by atoms with E-state index in [9.17, 15) is 105 Å². The summed E-state index contributed by atoms with van der Waals surface area (Å²) in [5, 5.41) is 193. The minimum atomic E-state index is -2.28. The van der Waals surface area contributed by atoms with Crippen LogP contribution in [-0.2, 0) is 99.9 Å². The van der Waals surface area contributed by atoms with Crippen LogP contribution in [-0.4, -0.2) is 374 Å². The van der Waals surface area contributed by atoms with Crippen molar-refractivity contribution in [1.29, 1.82) is 0 Å². The largest absolute Gasteiger partial charge is 0.387 e. The Hall–Kier alpha value is -4.83. The average Bonchev–Trinajstić information content (AvgIpc) is 0.789. The molecule has 0 aliphatic carbocycles. The van der Waals surface area contributed by atoms with Crippen molar-refractivity contribution in [3.05, 3.63) is 0 Å². The standard InChI is InChI=1S/C84H147N7O35/c1-8-15-22-29-50(92)85-36-43-71-57(99)64(106)78(113-43)121-72-44(37-86-51(93)30-23-16-9-2)115-80(66(108)59(72)101)123-74-46(39-88-53(95)32-25-18-11-4)117-82(68(110)61(74)103)125-76-48(41-90-55(97)34-27-20-13-6)119-84(70(112)63(76)105)126-77-49(42-91-56(98)35-28-21-14-7)118-83(69(111)62(77)104)124-75-47(40-89-54(96)33-26-19-12-5)116-81(67(109)60(75)102)122-73-45(38-87-52(94)31-24-17-10-3)114-79(120-71)65(107)58(73)100/h43-49,57-84,99-112H,8-42H2,1-7H3,(H,85,92)(H,86,93)(H,87,94)(H,88,95)(H,89,96)(H,90,97)(H,91,98)/t43-,44-,45-,46-,47-,48-,49+,57-,58-,59+,60-,61-,62-,63-,64+,65-,66-,67-,68-,69-,70-,71-,72-,73-,74-,75-,76-,77-,78-,79-,80-,81-,82-,83-,84-/m1/s1. The fourth-order valence-corrected chi connectivity index (χ4v) is 16.4.